The number of hydrogen-bond donors (Lipinski definition) is 1. The first-order valence-electron chi connectivity index (χ1n) is 9.00. The van der Waals surface area contributed by atoms with Crippen molar-refractivity contribution in [1.82, 2.24) is 4.90 Å². The van der Waals surface area contributed by atoms with Gasteiger partial charge in [-0.2, -0.15) is 0 Å². The number of ketones is 1. The molecule has 3 heteroatoms. The SMILES string of the molecule is CN1C[C@H]2[C@@H]3CCC[C@@]3(C)CC[C@@H]2[C@@]2(C)CC(O)C(=O)C=C12. The number of aliphatic hydroxyl groups excluding tert-OH is 1. The summed E-state index contributed by atoms with van der Waals surface area (Å²) in [5.74, 6) is 2.10. The van der Waals surface area contributed by atoms with E-state index in [0.29, 0.717) is 17.8 Å². The molecule has 3 nitrogen and oxygen atoms in total. The summed E-state index contributed by atoms with van der Waals surface area (Å²) in [7, 11) is 2.15. The number of rotatable bonds is 0. The van der Waals surface area contributed by atoms with Crippen LogP contribution >= 0.6 is 0 Å². The van der Waals surface area contributed by atoms with Gasteiger partial charge in [0.05, 0.1) is 0 Å². The monoisotopic (exact) mass is 303 g/mol. The van der Waals surface area contributed by atoms with Crippen LogP contribution in [0, 0.1) is 28.6 Å². The van der Waals surface area contributed by atoms with Gasteiger partial charge in [0.1, 0.15) is 6.10 Å². The number of carbonyl (C=O) groups excluding carboxylic acids is 1. The molecular formula is C19H29NO2. The molecule has 3 aliphatic carbocycles. The highest BCUT2D eigenvalue weighted by molar-refractivity contribution is 5.95. The van der Waals surface area contributed by atoms with E-state index in [9.17, 15) is 9.90 Å². The number of fused-ring (bicyclic) bond motifs is 5. The van der Waals surface area contributed by atoms with Crippen LogP contribution in [0.1, 0.15) is 52.4 Å². The highest BCUT2D eigenvalue weighted by Gasteiger charge is 2.58. The minimum absolute atomic E-state index is 0.0189. The standard InChI is InChI=1S/C19H29NO2/c1-18-7-4-5-13(18)12-11-20(3)17-9-15(21)16(22)10-19(17,2)14(12)6-8-18/h9,12-14,16,22H,4-8,10-11H2,1-3H3/t12-,13-,14-,16?,18-,19+/m0/s1. The van der Waals surface area contributed by atoms with Crippen molar-refractivity contribution in [2.45, 2.75) is 58.5 Å². The number of nitrogens with zero attached hydrogens (tertiary/aromatic N) is 1. The van der Waals surface area contributed by atoms with E-state index in [1.807, 2.05) is 0 Å². The van der Waals surface area contributed by atoms with Gasteiger partial charge in [-0.1, -0.05) is 20.3 Å². The molecule has 2 saturated carbocycles. The molecule has 0 aromatic carbocycles. The lowest BCUT2D eigenvalue weighted by Crippen LogP contribution is -2.57. The first kappa shape index (κ1) is 14.7. The fourth-order valence-electron chi connectivity index (χ4n) is 6.63. The lowest BCUT2D eigenvalue weighted by atomic mass is 9.50. The molecule has 1 unspecified atom stereocenters. The third kappa shape index (κ3) is 1.81. The van der Waals surface area contributed by atoms with E-state index >= 15 is 0 Å². The van der Waals surface area contributed by atoms with Crippen molar-refractivity contribution in [2.75, 3.05) is 13.6 Å². The molecule has 1 saturated heterocycles. The third-order valence-corrected chi connectivity index (χ3v) is 7.74. The Hall–Kier alpha value is -0.830. The third-order valence-electron chi connectivity index (χ3n) is 7.74. The fraction of sp³-hybridized carbons (Fsp3) is 0.842. The number of piperidine rings is 1. The highest BCUT2D eigenvalue weighted by Crippen LogP contribution is 2.63. The lowest BCUT2D eigenvalue weighted by Gasteiger charge is -2.60. The summed E-state index contributed by atoms with van der Waals surface area (Å²) in [5.41, 5.74) is 1.71. The van der Waals surface area contributed by atoms with Crippen LogP contribution in [0.4, 0.5) is 0 Å². The van der Waals surface area contributed by atoms with Crippen LogP contribution in [0.5, 0.6) is 0 Å². The van der Waals surface area contributed by atoms with E-state index in [1.165, 1.54) is 37.8 Å². The molecule has 3 fully saturated rings. The van der Waals surface area contributed by atoms with Gasteiger partial charge >= 0.3 is 0 Å². The minimum atomic E-state index is -0.794. The molecule has 1 heterocycles. The molecule has 4 rings (SSSR count). The van der Waals surface area contributed by atoms with E-state index in [1.54, 1.807) is 6.08 Å². The van der Waals surface area contributed by atoms with Crippen LogP contribution in [0.3, 0.4) is 0 Å². The number of hydrogen-bond acceptors (Lipinski definition) is 3. The van der Waals surface area contributed by atoms with Gasteiger partial charge in [-0.05, 0) is 55.3 Å². The van der Waals surface area contributed by atoms with E-state index in [4.69, 9.17) is 0 Å². The van der Waals surface area contributed by atoms with Crippen molar-refractivity contribution in [3.05, 3.63) is 11.8 Å². The molecule has 22 heavy (non-hydrogen) atoms. The van der Waals surface area contributed by atoms with Gasteiger partial charge in [0.2, 0.25) is 0 Å². The molecule has 0 amide bonds. The van der Waals surface area contributed by atoms with Crippen LogP contribution < -0.4 is 0 Å². The summed E-state index contributed by atoms with van der Waals surface area (Å²) >= 11 is 0. The molecule has 4 aliphatic rings. The molecule has 0 spiro atoms. The Morgan fingerprint density at radius 3 is 2.77 bits per heavy atom. The predicted molar refractivity (Wildman–Crippen MR) is 86.1 cm³/mol. The van der Waals surface area contributed by atoms with Crippen LogP contribution in [-0.2, 0) is 4.79 Å². The van der Waals surface area contributed by atoms with Gasteiger partial charge in [0.25, 0.3) is 0 Å². The van der Waals surface area contributed by atoms with E-state index in [-0.39, 0.29) is 11.2 Å². The van der Waals surface area contributed by atoms with Gasteiger partial charge in [0, 0.05) is 30.8 Å². The van der Waals surface area contributed by atoms with Crippen molar-refractivity contribution in [2.24, 2.45) is 28.6 Å². The van der Waals surface area contributed by atoms with Crippen molar-refractivity contribution in [3.63, 3.8) is 0 Å². The maximum absolute atomic E-state index is 12.0. The Morgan fingerprint density at radius 1 is 1.23 bits per heavy atom. The molecule has 1 aliphatic heterocycles. The Labute approximate surface area is 133 Å². The van der Waals surface area contributed by atoms with Gasteiger partial charge in [0.15, 0.2) is 5.78 Å². The van der Waals surface area contributed by atoms with E-state index < -0.39 is 6.10 Å². The smallest absolute Gasteiger partial charge is 0.185 e. The second kappa shape index (κ2) is 4.59. The second-order valence-electron chi connectivity index (χ2n) is 8.91. The number of allylic oxidation sites excluding steroid dienone is 1. The maximum atomic E-state index is 12.0. The first-order chi connectivity index (χ1) is 10.3. The average molecular weight is 303 g/mol. The van der Waals surface area contributed by atoms with Crippen LogP contribution in [-0.4, -0.2) is 35.5 Å². The molecule has 1 N–H and O–H groups in total. The zero-order valence-corrected chi connectivity index (χ0v) is 14.1. The van der Waals surface area contributed by atoms with Crippen molar-refractivity contribution < 1.29 is 9.90 Å². The molecule has 0 bridgehead atoms. The Bertz CT molecular complexity index is 542. The Balaban J connectivity index is 1.74. The van der Waals surface area contributed by atoms with Gasteiger partial charge in [-0.15, -0.1) is 0 Å². The molecular weight excluding hydrogens is 274 g/mol. The predicted octanol–water partition coefficient (Wildman–Crippen LogP) is 2.99. The molecule has 0 aromatic rings. The summed E-state index contributed by atoms with van der Waals surface area (Å²) in [6.45, 7) is 5.91. The number of aliphatic hydroxyl groups is 1. The van der Waals surface area contributed by atoms with Gasteiger partial charge in [-0.25, -0.2) is 0 Å². The zero-order valence-electron chi connectivity index (χ0n) is 14.1. The summed E-state index contributed by atoms with van der Waals surface area (Å²) in [4.78, 5) is 14.3. The first-order valence-corrected chi connectivity index (χ1v) is 9.00. The van der Waals surface area contributed by atoms with Crippen molar-refractivity contribution >= 4 is 5.78 Å². The number of likely N-dealkylation sites (tertiary alicyclic amines) is 1. The normalized spacial score (nSPS) is 51.0. The van der Waals surface area contributed by atoms with Crippen LogP contribution in [0.2, 0.25) is 0 Å². The van der Waals surface area contributed by atoms with Gasteiger partial charge in [-0.3, -0.25) is 4.79 Å². The summed E-state index contributed by atoms with van der Waals surface area (Å²) in [6.07, 6.45) is 8.31. The quantitative estimate of drug-likeness (QED) is 0.748. The topological polar surface area (TPSA) is 40.5 Å². The summed E-state index contributed by atoms with van der Waals surface area (Å²) in [5, 5.41) is 10.2. The minimum Gasteiger partial charge on any atom is -0.385 e. The van der Waals surface area contributed by atoms with E-state index in [2.05, 4.69) is 25.8 Å². The molecule has 0 aromatic heterocycles. The largest absolute Gasteiger partial charge is 0.385 e. The van der Waals surface area contributed by atoms with E-state index in [0.717, 1.165) is 18.4 Å². The van der Waals surface area contributed by atoms with Crippen LogP contribution in [0.25, 0.3) is 0 Å². The molecule has 6 atom stereocenters. The Morgan fingerprint density at radius 2 is 2.00 bits per heavy atom. The fourth-order valence-corrected chi connectivity index (χ4v) is 6.63. The Kier molecular flexibility index (Phi) is 3.08. The molecule has 0 radical (unpaired) electrons. The zero-order chi connectivity index (χ0) is 15.7. The highest BCUT2D eigenvalue weighted by atomic mass is 16.3. The second-order valence-corrected chi connectivity index (χ2v) is 8.91. The molecule has 122 valence electrons. The lowest BCUT2D eigenvalue weighted by molar-refractivity contribution is -0.130. The average Bonchev–Trinajstić information content (AvgIpc) is 2.84. The van der Waals surface area contributed by atoms with Crippen molar-refractivity contribution in [3.8, 4) is 0 Å². The van der Waals surface area contributed by atoms with Gasteiger partial charge < -0.3 is 10.0 Å². The number of carbonyl (C=O) groups is 1. The van der Waals surface area contributed by atoms with Crippen molar-refractivity contribution in [1.29, 1.82) is 0 Å². The summed E-state index contributed by atoms with van der Waals surface area (Å²) < 4.78 is 0. The maximum Gasteiger partial charge on any atom is 0.185 e. The van der Waals surface area contributed by atoms with Crippen LogP contribution in [0.15, 0.2) is 11.8 Å². The summed E-state index contributed by atoms with van der Waals surface area (Å²) in [6, 6.07) is 0.